The molecule has 0 saturated carbocycles. The molecule has 0 N–H and O–H groups in total. The molecule has 3 aromatic heterocycles. The van der Waals surface area contributed by atoms with Crippen molar-refractivity contribution < 1.29 is 62.2 Å². The Balaban J connectivity index is 0.000000167. The van der Waals surface area contributed by atoms with Gasteiger partial charge >= 0.3 is 0 Å². The predicted molar refractivity (Wildman–Crippen MR) is 566 cm³/mol. The SMILES string of the molecule is CCCCCCc1cc(C)c(-n2cc(-c3cc(C)cc(C)c3)nc2-c2[c-]cccc2)c(C)c1.Cc1cc(C)cc(-c2cn(-c3c(C(C)C)ccc(-c4ccc(-c5ccccc5)cc4)c3C(C)C)c(-c3[c-]ccc(-c4ccccc4)c3)n2)c1.Cc1cc(C)cc(-c2cn(-c3c(C)cc(C)cc3C)c(-c3[c-]ccc(-c4cccc(-c5cc(-c6ccccc6)cc(-c6ccccc6)c5)c4)c3)n2)c1.[Ir].[Pt].[Pt]. The molecule has 0 spiro atoms. The monoisotopic (exact) mass is 2320 g/mol. The molecule has 0 bridgehead atoms. The average molecular weight is 2320 g/mol. The summed E-state index contributed by atoms with van der Waals surface area (Å²) < 4.78 is 6.90. The summed E-state index contributed by atoms with van der Waals surface area (Å²) in [5.74, 6) is 3.28. The summed E-state index contributed by atoms with van der Waals surface area (Å²) in [6.07, 6.45) is 13.0. The third-order valence-electron chi connectivity index (χ3n) is 25.5. The molecule has 16 aromatic carbocycles. The molecule has 0 unspecified atom stereocenters. The van der Waals surface area contributed by atoms with E-state index in [-0.39, 0.29) is 68.2 Å². The molecular weight excluding hydrogens is 2200 g/mol. The zero-order valence-corrected chi connectivity index (χ0v) is 88.3. The quantitative estimate of drug-likeness (QED) is 0.0474. The maximum Gasteiger partial charge on any atom is 0.0772 e. The van der Waals surface area contributed by atoms with Gasteiger partial charge in [0.15, 0.2) is 0 Å². The van der Waals surface area contributed by atoms with Gasteiger partial charge in [0.25, 0.3) is 0 Å². The van der Waals surface area contributed by atoms with E-state index in [1.165, 1.54) is 176 Å². The van der Waals surface area contributed by atoms with Gasteiger partial charge in [-0.05, 0) is 267 Å². The third kappa shape index (κ3) is 23.4. The van der Waals surface area contributed by atoms with Crippen molar-refractivity contribution in [2.24, 2.45) is 0 Å². The molecule has 693 valence electrons. The molecule has 6 nitrogen and oxygen atoms in total. The normalized spacial score (nSPS) is 11.0. The molecule has 19 aromatic rings. The summed E-state index contributed by atoms with van der Waals surface area (Å²) in [7, 11) is 0. The van der Waals surface area contributed by atoms with Crippen LogP contribution in [-0.2, 0) is 68.7 Å². The van der Waals surface area contributed by atoms with E-state index in [1.54, 1.807) is 0 Å². The van der Waals surface area contributed by atoms with Crippen molar-refractivity contribution in [3.63, 3.8) is 0 Å². The van der Waals surface area contributed by atoms with Gasteiger partial charge in [-0.1, -0.05) is 311 Å². The minimum Gasteiger partial charge on any atom is -0.339 e. The van der Waals surface area contributed by atoms with Crippen LogP contribution in [0.4, 0.5) is 0 Å². The molecule has 1 radical (unpaired) electrons. The summed E-state index contributed by atoms with van der Waals surface area (Å²) in [4.78, 5) is 15.9. The van der Waals surface area contributed by atoms with E-state index in [4.69, 9.17) is 15.0 Å². The van der Waals surface area contributed by atoms with Gasteiger partial charge in [0, 0.05) is 115 Å². The van der Waals surface area contributed by atoms with Gasteiger partial charge in [-0.3, -0.25) is 15.0 Å². The van der Waals surface area contributed by atoms with Crippen LogP contribution < -0.4 is 0 Å². The zero-order chi connectivity index (χ0) is 93.2. The molecule has 0 atom stereocenters. The van der Waals surface area contributed by atoms with Gasteiger partial charge in [-0.25, -0.2) is 0 Å². The molecule has 0 fully saturated rings. The molecule has 9 heteroatoms. The largest absolute Gasteiger partial charge is 0.339 e. The number of hydrogen-bond donors (Lipinski definition) is 0. The Morgan fingerprint density at radius 2 is 0.599 bits per heavy atom. The number of aryl methyl sites for hydroxylation is 12. The first-order chi connectivity index (χ1) is 65.0. The summed E-state index contributed by atoms with van der Waals surface area (Å²) in [5, 5.41) is 0. The molecule has 3 heterocycles. The van der Waals surface area contributed by atoms with Gasteiger partial charge < -0.3 is 13.7 Å². The van der Waals surface area contributed by atoms with Crippen LogP contribution in [0.15, 0.2) is 358 Å². The van der Waals surface area contributed by atoms with Gasteiger partial charge in [0.05, 0.1) is 34.6 Å². The first-order valence-corrected chi connectivity index (χ1v) is 47.5. The van der Waals surface area contributed by atoms with Crippen molar-refractivity contribution in [1.82, 2.24) is 28.7 Å². The topological polar surface area (TPSA) is 53.5 Å². The van der Waals surface area contributed by atoms with E-state index in [0.717, 1.165) is 96.7 Å². The molecule has 0 aliphatic heterocycles. The van der Waals surface area contributed by atoms with Crippen LogP contribution in [0.3, 0.4) is 0 Å². The summed E-state index contributed by atoms with van der Waals surface area (Å²) in [5.41, 5.74) is 47.3. The standard InChI is InChI=1S/C50H41N2.C47H43N2.C31H35N2.Ir.2Pt/c1-33-22-34(2)26-47(25-33)48-32-52(49-36(4)23-35(3)24-37(49)5)50(51-48)43-21-13-19-41(28-43)40-18-12-20-42(27-40)46-30-44(38-14-8-6-9-15-38)29-45(31-46)39-16-10-7-11-17-39;1-31(2)42-24-25-43(38-22-20-37(21-23-38)35-14-9-7-10-15-35)45(32(3)4)46(42)49-30-44(41-27-33(5)26-34(6)28-41)48-47(49)40-19-13-18-39(29-40)36-16-11-8-12-17-36;1-6-7-8-10-13-26-19-24(4)30(25(5)20-26)33-21-29(28-17-22(2)16-23(3)18-28)32-31(33)27-14-11-9-12-15-27;;;/h6-20,22-32H,1-5H3;7-18,20-32H,1-6H3;9,11-12,14,16-21H,6-8,10,13H2,1-5H3;;;/q3*-1;;;. The molecule has 137 heavy (non-hydrogen) atoms. The minimum atomic E-state index is 0. The average Bonchev–Trinajstić information content (AvgIpc) is 1.71. The first kappa shape index (κ1) is 100. The molecule has 0 aliphatic rings. The second-order valence-electron chi connectivity index (χ2n) is 37.2. The van der Waals surface area contributed by atoms with Crippen molar-refractivity contribution in [1.29, 1.82) is 0 Å². The summed E-state index contributed by atoms with van der Waals surface area (Å²) >= 11 is 0. The Labute approximate surface area is 855 Å². The van der Waals surface area contributed by atoms with E-state index >= 15 is 0 Å². The molecular formula is C128H119IrN6Pt2-3. The molecule has 19 rings (SSSR count). The van der Waals surface area contributed by atoms with Crippen molar-refractivity contribution >= 4 is 0 Å². The van der Waals surface area contributed by atoms with Gasteiger partial charge in [0.1, 0.15) is 0 Å². The van der Waals surface area contributed by atoms with E-state index in [0.29, 0.717) is 5.92 Å². The van der Waals surface area contributed by atoms with Gasteiger partial charge in [-0.2, -0.15) is 0 Å². The Bertz CT molecular complexity index is 7220. The first-order valence-electron chi connectivity index (χ1n) is 47.5. The fraction of sp³-hybridized carbons (Fsp3) is 0.180. The number of rotatable bonds is 23. The van der Waals surface area contributed by atoms with Crippen molar-refractivity contribution in [2.75, 3.05) is 0 Å². The molecule has 0 aliphatic carbocycles. The Kier molecular flexibility index (Phi) is 33.2. The van der Waals surface area contributed by atoms with Crippen LogP contribution in [-0.4, -0.2) is 28.7 Å². The fourth-order valence-electron chi connectivity index (χ4n) is 19.5. The Morgan fingerprint density at radius 3 is 1.01 bits per heavy atom. The van der Waals surface area contributed by atoms with E-state index in [9.17, 15) is 0 Å². The van der Waals surface area contributed by atoms with Gasteiger partial charge in [0.2, 0.25) is 0 Å². The van der Waals surface area contributed by atoms with Crippen molar-refractivity contribution in [3.05, 3.63) is 454 Å². The number of hydrogen-bond acceptors (Lipinski definition) is 3. The smallest absolute Gasteiger partial charge is 0.0772 e. The number of nitrogens with zero attached hydrogens (tertiary/aromatic N) is 6. The van der Waals surface area contributed by atoms with E-state index in [2.05, 4.69) is 477 Å². The van der Waals surface area contributed by atoms with Crippen LogP contribution in [0, 0.1) is 94.4 Å². The Morgan fingerprint density at radius 1 is 0.263 bits per heavy atom. The van der Waals surface area contributed by atoms with Crippen LogP contribution in [0.25, 0.3) is 163 Å². The number of unbranched alkanes of at least 4 members (excludes halogenated alkanes) is 3. The number of imidazole rings is 3. The van der Waals surface area contributed by atoms with Gasteiger partial charge in [-0.15, -0.1) is 107 Å². The number of benzene rings is 16. The predicted octanol–water partition coefficient (Wildman–Crippen LogP) is 34.4. The third-order valence-corrected chi connectivity index (χ3v) is 25.5. The fourth-order valence-corrected chi connectivity index (χ4v) is 19.5. The van der Waals surface area contributed by atoms with Crippen LogP contribution in [0.2, 0.25) is 0 Å². The summed E-state index contributed by atoms with van der Waals surface area (Å²) in [6, 6.07) is 133. The molecule has 0 amide bonds. The van der Waals surface area contributed by atoms with Crippen molar-refractivity contribution in [3.8, 4) is 163 Å². The Hall–Kier alpha value is -12.8. The maximum absolute atomic E-state index is 5.42. The second kappa shape index (κ2) is 45.4. The van der Waals surface area contributed by atoms with Crippen LogP contribution >= 0.6 is 0 Å². The van der Waals surface area contributed by atoms with Crippen LogP contribution in [0.1, 0.15) is 150 Å². The van der Waals surface area contributed by atoms with Crippen LogP contribution in [0.5, 0.6) is 0 Å². The van der Waals surface area contributed by atoms with E-state index in [1.807, 2.05) is 24.3 Å². The zero-order valence-electron chi connectivity index (χ0n) is 81.4. The summed E-state index contributed by atoms with van der Waals surface area (Å²) in [6.45, 7) is 35.4. The molecule has 0 saturated heterocycles. The second-order valence-corrected chi connectivity index (χ2v) is 37.2. The minimum absolute atomic E-state index is 0. The number of aromatic nitrogens is 6. The van der Waals surface area contributed by atoms with E-state index < -0.39 is 0 Å². The van der Waals surface area contributed by atoms with Crippen molar-refractivity contribution in [2.45, 2.75) is 155 Å². The maximum atomic E-state index is 5.42.